The molecule has 8 heteroatoms. The lowest BCUT2D eigenvalue weighted by Crippen LogP contribution is -2.18. The Morgan fingerprint density at radius 1 is 0.781 bits per heavy atom. The fourth-order valence-corrected chi connectivity index (χ4v) is 2.99. The number of ether oxygens (including phenoxy) is 2. The van der Waals surface area contributed by atoms with Gasteiger partial charge in [0.15, 0.2) is 0 Å². The van der Waals surface area contributed by atoms with Gasteiger partial charge in [0, 0.05) is 16.7 Å². The van der Waals surface area contributed by atoms with Crippen molar-refractivity contribution < 1.29 is 38.9 Å². The zero-order chi connectivity index (χ0) is 23.3. The van der Waals surface area contributed by atoms with Crippen molar-refractivity contribution in [3.63, 3.8) is 0 Å². The number of aryl methyl sites for hydroxylation is 1. The molecule has 3 aromatic carbocycles. The van der Waals surface area contributed by atoms with Crippen molar-refractivity contribution in [2.75, 3.05) is 0 Å². The fourth-order valence-electron chi connectivity index (χ4n) is 2.99. The molecule has 0 radical (unpaired) electrons. The van der Waals surface area contributed by atoms with Crippen LogP contribution in [-0.2, 0) is 0 Å². The van der Waals surface area contributed by atoms with E-state index in [9.17, 15) is 29.4 Å². The molecule has 8 nitrogen and oxygen atoms in total. The second kappa shape index (κ2) is 9.57. The van der Waals surface area contributed by atoms with Crippen molar-refractivity contribution in [3.8, 4) is 11.5 Å². The number of benzene rings is 3. The maximum atomic E-state index is 11.7. The predicted molar refractivity (Wildman–Crippen MR) is 113 cm³/mol. The summed E-state index contributed by atoms with van der Waals surface area (Å²) in [7, 11) is 0. The Balaban J connectivity index is 2.07. The van der Waals surface area contributed by atoms with E-state index in [0.29, 0.717) is 18.1 Å². The van der Waals surface area contributed by atoms with E-state index in [1.807, 2.05) is 13.0 Å². The van der Waals surface area contributed by atoms with Crippen LogP contribution in [0.4, 0.5) is 0 Å². The van der Waals surface area contributed by atoms with E-state index in [4.69, 9.17) is 9.47 Å². The molecule has 0 aliphatic rings. The molecule has 3 rings (SSSR count). The topological polar surface area (TPSA) is 127 Å². The number of carbonyl (C=O) groups is 4. The van der Waals surface area contributed by atoms with E-state index < -0.39 is 18.2 Å². The van der Waals surface area contributed by atoms with Gasteiger partial charge < -0.3 is 19.7 Å². The van der Waals surface area contributed by atoms with Crippen molar-refractivity contribution in [1.29, 1.82) is 0 Å². The molecule has 162 valence electrons. The standard InChI is InChI=1S/C24H18O8/c1-14-3-2-4-17(9-14)24(31-20-7-5-15(12-25)10-18(20)22(27)28)32-21-8-6-16(13-26)11-19(21)23(29)30/h2-13,24H,1H3,(H,27,28)(H,29,30). The third-order valence-corrected chi connectivity index (χ3v) is 4.52. The van der Waals surface area contributed by atoms with Crippen molar-refractivity contribution in [2.45, 2.75) is 13.2 Å². The predicted octanol–water partition coefficient (Wildman–Crippen LogP) is 4.17. The Morgan fingerprint density at radius 3 is 1.69 bits per heavy atom. The minimum atomic E-state index is -1.31. The zero-order valence-corrected chi connectivity index (χ0v) is 16.8. The van der Waals surface area contributed by atoms with E-state index in [-0.39, 0.29) is 33.8 Å². The molecule has 0 heterocycles. The molecular weight excluding hydrogens is 416 g/mol. The number of hydrogen-bond acceptors (Lipinski definition) is 6. The van der Waals surface area contributed by atoms with E-state index in [1.54, 1.807) is 18.2 Å². The van der Waals surface area contributed by atoms with E-state index >= 15 is 0 Å². The molecule has 0 saturated heterocycles. The van der Waals surface area contributed by atoms with Gasteiger partial charge in [0.2, 0.25) is 0 Å². The molecule has 0 unspecified atom stereocenters. The Hall–Kier alpha value is -4.46. The second-order valence-electron chi connectivity index (χ2n) is 6.84. The van der Waals surface area contributed by atoms with Crippen LogP contribution in [0.3, 0.4) is 0 Å². The van der Waals surface area contributed by atoms with Gasteiger partial charge in [0.25, 0.3) is 6.29 Å². The van der Waals surface area contributed by atoms with Gasteiger partial charge in [-0.25, -0.2) is 9.59 Å². The third-order valence-electron chi connectivity index (χ3n) is 4.52. The van der Waals surface area contributed by atoms with Crippen LogP contribution in [0.2, 0.25) is 0 Å². The Bertz CT molecular complexity index is 1130. The summed E-state index contributed by atoms with van der Waals surface area (Å²) in [5.41, 5.74) is 1.15. The van der Waals surface area contributed by atoms with Crippen molar-refractivity contribution in [2.24, 2.45) is 0 Å². The molecule has 0 aliphatic carbocycles. The summed E-state index contributed by atoms with van der Waals surface area (Å²) in [6.45, 7) is 1.84. The van der Waals surface area contributed by atoms with Crippen molar-refractivity contribution in [3.05, 3.63) is 94.0 Å². The van der Waals surface area contributed by atoms with Gasteiger partial charge in [-0.05, 0) is 49.4 Å². The molecule has 0 saturated carbocycles. The van der Waals surface area contributed by atoms with Gasteiger partial charge >= 0.3 is 11.9 Å². The highest BCUT2D eigenvalue weighted by Gasteiger charge is 2.23. The highest BCUT2D eigenvalue weighted by Crippen LogP contribution is 2.31. The fraction of sp³-hybridized carbons (Fsp3) is 0.0833. The van der Waals surface area contributed by atoms with Crippen LogP contribution in [0, 0.1) is 6.92 Å². The Kier molecular flexibility index (Phi) is 6.65. The number of carbonyl (C=O) groups excluding carboxylic acids is 2. The van der Waals surface area contributed by atoms with E-state index in [0.717, 1.165) is 5.56 Å². The Morgan fingerprint density at radius 2 is 1.28 bits per heavy atom. The molecule has 0 fully saturated rings. The first-order valence-corrected chi connectivity index (χ1v) is 9.37. The molecule has 0 bridgehead atoms. The number of hydrogen-bond donors (Lipinski definition) is 2. The first kappa shape index (κ1) is 22.2. The lowest BCUT2D eigenvalue weighted by Gasteiger charge is -2.23. The van der Waals surface area contributed by atoms with Crippen LogP contribution in [0.1, 0.15) is 58.8 Å². The average Bonchev–Trinajstić information content (AvgIpc) is 2.78. The monoisotopic (exact) mass is 434 g/mol. The molecule has 0 spiro atoms. The summed E-state index contributed by atoms with van der Waals surface area (Å²) in [4.78, 5) is 45.4. The first-order chi connectivity index (χ1) is 15.3. The first-order valence-electron chi connectivity index (χ1n) is 9.37. The number of aromatic carboxylic acids is 2. The summed E-state index contributed by atoms with van der Waals surface area (Å²) < 4.78 is 11.7. The number of carboxylic acid groups (broad SMARTS) is 2. The van der Waals surface area contributed by atoms with Crippen LogP contribution in [-0.4, -0.2) is 34.7 Å². The smallest absolute Gasteiger partial charge is 0.339 e. The van der Waals surface area contributed by atoms with Gasteiger partial charge in [-0.1, -0.05) is 23.8 Å². The largest absolute Gasteiger partial charge is 0.478 e. The quantitative estimate of drug-likeness (QED) is 0.379. The zero-order valence-electron chi connectivity index (χ0n) is 16.8. The van der Waals surface area contributed by atoms with Crippen LogP contribution < -0.4 is 9.47 Å². The van der Waals surface area contributed by atoms with Gasteiger partial charge in [-0.3, -0.25) is 9.59 Å². The van der Waals surface area contributed by atoms with Crippen LogP contribution in [0.5, 0.6) is 11.5 Å². The van der Waals surface area contributed by atoms with Gasteiger partial charge in [-0.2, -0.15) is 0 Å². The number of rotatable bonds is 9. The van der Waals surface area contributed by atoms with Crippen LogP contribution in [0.25, 0.3) is 0 Å². The average molecular weight is 434 g/mol. The third kappa shape index (κ3) is 4.99. The normalized spacial score (nSPS) is 10.4. The second-order valence-corrected chi connectivity index (χ2v) is 6.84. The summed E-state index contributed by atoms with van der Waals surface area (Å²) in [5, 5.41) is 19.1. The van der Waals surface area contributed by atoms with Crippen molar-refractivity contribution in [1.82, 2.24) is 0 Å². The maximum absolute atomic E-state index is 11.7. The van der Waals surface area contributed by atoms with Gasteiger partial charge in [-0.15, -0.1) is 0 Å². The van der Waals surface area contributed by atoms with Crippen LogP contribution in [0.15, 0.2) is 60.7 Å². The molecule has 0 aliphatic heterocycles. The molecule has 2 N–H and O–H groups in total. The van der Waals surface area contributed by atoms with Gasteiger partial charge in [0.1, 0.15) is 35.2 Å². The molecule has 32 heavy (non-hydrogen) atoms. The molecule has 0 aromatic heterocycles. The molecule has 0 amide bonds. The summed E-state index contributed by atoms with van der Waals surface area (Å²) in [6.07, 6.45) is -0.202. The van der Waals surface area contributed by atoms with Crippen molar-refractivity contribution >= 4 is 24.5 Å². The number of aldehydes is 2. The minimum Gasteiger partial charge on any atom is -0.478 e. The Labute approximate surface area is 182 Å². The van der Waals surface area contributed by atoms with Crippen LogP contribution >= 0.6 is 0 Å². The minimum absolute atomic E-state index is 0.0732. The molecule has 0 atom stereocenters. The number of carboxylic acids is 2. The van der Waals surface area contributed by atoms with Gasteiger partial charge in [0.05, 0.1) is 0 Å². The highest BCUT2D eigenvalue weighted by molar-refractivity contribution is 5.94. The summed E-state index contributed by atoms with van der Waals surface area (Å²) >= 11 is 0. The SMILES string of the molecule is Cc1cccc(C(Oc2ccc(C=O)cc2C(=O)O)Oc2ccc(C=O)cc2C(=O)O)c1. The van der Waals surface area contributed by atoms with E-state index in [1.165, 1.54) is 36.4 Å². The highest BCUT2D eigenvalue weighted by atomic mass is 16.7. The summed E-state index contributed by atoms with van der Waals surface area (Å²) in [6, 6.07) is 14.8. The molecular formula is C24H18O8. The summed E-state index contributed by atoms with van der Waals surface area (Å²) in [5.74, 6) is -2.77. The lowest BCUT2D eigenvalue weighted by molar-refractivity contribution is 0.00179. The molecule has 3 aromatic rings. The van der Waals surface area contributed by atoms with E-state index in [2.05, 4.69) is 0 Å². The maximum Gasteiger partial charge on any atom is 0.339 e. The lowest BCUT2D eigenvalue weighted by atomic mass is 10.1.